The van der Waals surface area contributed by atoms with Gasteiger partial charge < -0.3 is 16.4 Å². The topological polar surface area (TPSA) is 94.5 Å². The van der Waals surface area contributed by atoms with Crippen LogP contribution in [0, 0.1) is 0 Å². The van der Waals surface area contributed by atoms with E-state index in [0.29, 0.717) is 0 Å². The Morgan fingerprint density at radius 1 is 0.400 bits per heavy atom. The van der Waals surface area contributed by atoms with Crippen LogP contribution in [-0.4, -0.2) is 16.4 Å². The van der Waals surface area contributed by atoms with E-state index in [4.69, 9.17) is 0 Å². The zero-order chi connectivity index (χ0) is 0. The molecule has 0 saturated carbocycles. The molecule has 0 atom stereocenters. The molecule has 5 heteroatoms. The van der Waals surface area contributed by atoms with Crippen LogP contribution >= 0.6 is 0 Å². The predicted octanol–water partition coefficient (Wildman–Crippen LogP) is -2.48. The van der Waals surface area contributed by atoms with Gasteiger partial charge in [-0.15, -0.1) is 0 Å². The summed E-state index contributed by atoms with van der Waals surface area (Å²) in [5, 5.41) is 0. The second-order valence-corrected chi connectivity index (χ2v) is 0. The largest absolute Gasteiger partial charge is 0.412 e. The molecule has 0 rings (SSSR count). The summed E-state index contributed by atoms with van der Waals surface area (Å²) >= 11 is 0. The van der Waals surface area contributed by atoms with E-state index in [2.05, 4.69) is 0 Å². The predicted molar refractivity (Wildman–Crippen MR) is 10.8 cm³/mol. The van der Waals surface area contributed by atoms with Crippen molar-refractivity contribution in [3.05, 3.63) is 0 Å². The third-order valence-corrected chi connectivity index (χ3v) is 0. The molecule has 0 aliphatic rings. The van der Waals surface area contributed by atoms with Gasteiger partial charge in [-0.3, -0.25) is 0 Å². The van der Waals surface area contributed by atoms with E-state index >= 15 is 0 Å². The Morgan fingerprint density at radius 2 is 0.400 bits per heavy atom. The summed E-state index contributed by atoms with van der Waals surface area (Å²) in [5.74, 6) is 0. The second kappa shape index (κ2) is 89.5. The standard InChI is InChI=1S/2Mn.3H2O/h;;3*1H2. The van der Waals surface area contributed by atoms with Crippen LogP contribution in [0.15, 0.2) is 0 Å². The maximum absolute atomic E-state index is 0. The van der Waals surface area contributed by atoms with Crippen LogP contribution in [-0.2, 0) is 34.1 Å². The first-order chi connectivity index (χ1) is 0. The van der Waals surface area contributed by atoms with Crippen molar-refractivity contribution in [3.63, 3.8) is 0 Å². The monoisotopic (exact) mass is 164 g/mol. The SMILES string of the molecule is O.O.O.[Mn].[Mn]. The first-order valence-corrected chi connectivity index (χ1v) is 0. The van der Waals surface area contributed by atoms with Gasteiger partial charge in [-0.2, -0.15) is 0 Å². The molecule has 3 nitrogen and oxygen atoms in total. The molecular weight excluding hydrogens is 158 g/mol. The van der Waals surface area contributed by atoms with Gasteiger partial charge in [0.1, 0.15) is 0 Å². The maximum Gasteiger partial charge on any atom is 0 e. The Morgan fingerprint density at radius 3 is 0.400 bits per heavy atom. The Hall–Kier alpha value is 0.919. The van der Waals surface area contributed by atoms with Gasteiger partial charge in [-0.25, -0.2) is 0 Å². The van der Waals surface area contributed by atoms with Crippen molar-refractivity contribution in [1.82, 2.24) is 0 Å². The van der Waals surface area contributed by atoms with E-state index in [1.165, 1.54) is 0 Å². The fraction of sp³-hybridized carbons (Fsp3) is 0. The van der Waals surface area contributed by atoms with Crippen molar-refractivity contribution in [2.45, 2.75) is 0 Å². The Bertz CT molecular complexity index is 4.85. The van der Waals surface area contributed by atoms with E-state index in [-0.39, 0.29) is 50.6 Å². The van der Waals surface area contributed by atoms with Gasteiger partial charge >= 0.3 is 0 Å². The molecule has 0 aromatic heterocycles. The van der Waals surface area contributed by atoms with Crippen molar-refractivity contribution in [2.75, 3.05) is 0 Å². The van der Waals surface area contributed by atoms with Gasteiger partial charge in [-0.1, -0.05) is 0 Å². The molecule has 0 saturated heterocycles. The quantitative estimate of drug-likeness (QED) is 0.354. The molecule has 0 aliphatic heterocycles. The summed E-state index contributed by atoms with van der Waals surface area (Å²) in [5.41, 5.74) is 0. The summed E-state index contributed by atoms with van der Waals surface area (Å²) in [6.45, 7) is 0. The molecule has 5 heavy (non-hydrogen) atoms. The zero-order valence-electron chi connectivity index (χ0n) is 2.26. The molecule has 0 heterocycles. The third kappa shape index (κ3) is 49.6. The molecule has 2 radical (unpaired) electrons. The summed E-state index contributed by atoms with van der Waals surface area (Å²) in [6, 6.07) is 0. The molecule has 0 spiro atoms. The first-order valence-electron chi connectivity index (χ1n) is 0. The zero-order valence-corrected chi connectivity index (χ0v) is 4.62. The van der Waals surface area contributed by atoms with Crippen LogP contribution in [0.5, 0.6) is 0 Å². The molecule has 6 N–H and O–H groups in total. The average molecular weight is 164 g/mol. The van der Waals surface area contributed by atoms with Gasteiger partial charge in [0, 0.05) is 34.1 Å². The van der Waals surface area contributed by atoms with E-state index in [1.54, 1.807) is 0 Å². The summed E-state index contributed by atoms with van der Waals surface area (Å²) in [4.78, 5) is 0. The molecule has 0 aromatic rings. The van der Waals surface area contributed by atoms with Crippen LogP contribution < -0.4 is 0 Å². The molecule has 0 amide bonds. The Kier molecular flexibility index (Phi) is 3030. The van der Waals surface area contributed by atoms with Crippen molar-refractivity contribution < 1.29 is 50.6 Å². The van der Waals surface area contributed by atoms with Crippen molar-refractivity contribution in [3.8, 4) is 0 Å². The first kappa shape index (κ1) is 170. The molecule has 38 valence electrons. The summed E-state index contributed by atoms with van der Waals surface area (Å²) in [7, 11) is 0. The molecule has 0 unspecified atom stereocenters. The number of hydrogen-bond donors (Lipinski definition) is 0. The minimum Gasteiger partial charge on any atom is -0.412 e. The van der Waals surface area contributed by atoms with E-state index in [9.17, 15) is 0 Å². The minimum absolute atomic E-state index is 0. The van der Waals surface area contributed by atoms with Crippen molar-refractivity contribution in [1.29, 1.82) is 0 Å². The number of hydrogen-bond acceptors (Lipinski definition) is 0. The molecule has 0 aromatic carbocycles. The van der Waals surface area contributed by atoms with E-state index < -0.39 is 0 Å². The van der Waals surface area contributed by atoms with Gasteiger partial charge in [0.15, 0.2) is 0 Å². The van der Waals surface area contributed by atoms with Crippen LogP contribution in [0.25, 0.3) is 0 Å². The van der Waals surface area contributed by atoms with E-state index in [1.807, 2.05) is 0 Å². The van der Waals surface area contributed by atoms with Gasteiger partial charge in [0.25, 0.3) is 0 Å². The molecule has 0 bridgehead atoms. The van der Waals surface area contributed by atoms with Crippen LogP contribution in [0.3, 0.4) is 0 Å². The maximum atomic E-state index is 0. The van der Waals surface area contributed by atoms with Gasteiger partial charge in [-0.05, 0) is 0 Å². The number of rotatable bonds is 0. The second-order valence-electron chi connectivity index (χ2n) is 0. The van der Waals surface area contributed by atoms with Crippen LogP contribution in [0.1, 0.15) is 0 Å². The summed E-state index contributed by atoms with van der Waals surface area (Å²) < 4.78 is 0. The molecule has 0 fully saturated rings. The minimum atomic E-state index is 0. The smallest absolute Gasteiger partial charge is 0 e. The normalized spacial score (nSPS) is 0. The Balaban J connectivity index is 0. The van der Waals surface area contributed by atoms with Crippen molar-refractivity contribution >= 4 is 0 Å². The van der Waals surface area contributed by atoms with Crippen molar-refractivity contribution in [2.24, 2.45) is 0 Å². The third-order valence-electron chi connectivity index (χ3n) is 0. The summed E-state index contributed by atoms with van der Waals surface area (Å²) in [6.07, 6.45) is 0. The average Bonchev–Trinajstić information content (AvgIpc) is 0. The van der Waals surface area contributed by atoms with E-state index in [0.717, 1.165) is 0 Å². The van der Waals surface area contributed by atoms with Gasteiger partial charge in [0.2, 0.25) is 0 Å². The Labute approximate surface area is 51.0 Å². The van der Waals surface area contributed by atoms with Crippen LogP contribution in [0.2, 0.25) is 0 Å². The molecule has 0 aliphatic carbocycles. The fourth-order valence-corrected chi connectivity index (χ4v) is 0. The molecular formula is H6Mn2O3. The van der Waals surface area contributed by atoms with Crippen LogP contribution in [0.4, 0.5) is 0 Å². The fourth-order valence-electron chi connectivity index (χ4n) is 0. The van der Waals surface area contributed by atoms with Gasteiger partial charge in [0.05, 0.1) is 0 Å².